The van der Waals surface area contributed by atoms with E-state index < -0.39 is 5.72 Å². The first-order valence-electron chi connectivity index (χ1n) is 5.80. The molecule has 3 rings (SSSR count). The number of methoxy groups -OCH3 is 1. The van der Waals surface area contributed by atoms with Crippen molar-refractivity contribution in [3.8, 4) is 0 Å². The molecule has 0 unspecified atom stereocenters. The van der Waals surface area contributed by atoms with Gasteiger partial charge in [-0.15, -0.1) is 0 Å². The minimum atomic E-state index is -1.03. The van der Waals surface area contributed by atoms with Crippen LogP contribution >= 0.6 is 0 Å². The van der Waals surface area contributed by atoms with Gasteiger partial charge in [0, 0.05) is 18.7 Å². The number of rotatable bonds is 2. The second kappa shape index (κ2) is 4.42. The van der Waals surface area contributed by atoms with Gasteiger partial charge in [-0.05, 0) is 4.99 Å². The zero-order valence-electron chi connectivity index (χ0n) is 10.3. The Morgan fingerprint density at radius 3 is 2.74 bits per heavy atom. The fourth-order valence-corrected chi connectivity index (χ4v) is 2.34. The minimum Gasteiger partial charge on any atom is -0.335 e. The molecule has 2 N–H and O–H groups in total. The van der Waals surface area contributed by atoms with Crippen molar-refractivity contribution in [1.82, 2.24) is 10.5 Å². The monoisotopic (exact) mass is 257 g/mol. The highest BCUT2D eigenvalue weighted by Crippen LogP contribution is 2.29. The molecule has 0 saturated carbocycles. The highest BCUT2D eigenvalue weighted by atomic mass is 16.5. The number of nitrogens with zero attached hydrogens (tertiary/aromatic N) is 3. The van der Waals surface area contributed by atoms with Gasteiger partial charge in [-0.25, -0.2) is 5.48 Å². The molecule has 0 bridgehead atoms. The first-order chi connectivity index (χ1) is 9.32. The van der Waals surface area contributed by atoms with Crippen LogP contribution in [0, 0.1) is 0 Å². The largest absolute Gasteiger partial charge is 0.437 e. The molecule has 0 spiro atoms. The second-order valence-corrected chi connectivity index (χ2v) is 4.08. The number of benzene rings is 1. The van der Waals surface area contributed by atoms with Crippen LogP contribution in [-0.4, -0.2) is 23.1 Å². The SMILES string of the molecule is CO[C@@]1(c2ccccc2)C(NO)=Nc2nccc[n+]21. The zero-order valence-corrected chi connectivity index (χ0v) is 10.3. The quantitative estimate of drug-likeness (QED) is 0.615. The smallest absolute Gasteiger partial charge is 0.335 e. The number of hydrogen-bond donors (Lipinski definition) is 2. The topological polar surface area (TPSA) is 70.6 Å². The maximum absolute atomic E-state index is 9.36. The molecule has 0 radical (unpaired) electrons. The zero-order chi connectivity index (χ0) is 13.3. The van der Waals surface area contributed by atoms with E-state index >= 15 is 0 Å². The molecule has 0 fully saturated rings. The normalized spacial score (nSPS) is 20.8. The lowest BCUT2D eigenvalue weighted by molar-refractivity contribution is -0.762. The van der Waals surface area contributed by atoms with E-state index in [1.807, 2.05) is 36.5 Å². The third-order valence-electron chi connectivity index (χ3n) is 3.17. The van der Waals surface area contributed by atoms with Gasteiger partial charge in [-0.3, -0.25) is 5.21 Å². The summed E-state index contributed by atoms with van der Waals surface area (Å²) in [6, 6.07) is 11.3. The Morgan fingerprint density at radius 2 is 2.05 bits per heavy atom. The molecule has 19 heavy (non-hydrogen) atoms. The van der Waals surface area contributed by atoms with Crippen molar-refractivity contribution in [2.75, 3.05) is 7.11 Å². The number of aromatic nitrogens is 2. The van der Waals surface area contributed by atoms with E-state index in [2.05, 4.69) is 15.5 Å². The van der Waals surface area contributed by atoms with Crippen LogP contribution in [0.3, 0.4) is 0 Å². The molecule has 0 aliphatic carbocycles. The van der Waals surface area contributed by atoms with Crippen LogP contribution in [0.1, 0.15) is 5.56 Å². The summed E-state index contributed by atoms with van der Waals surface area (Å²) in [4.78, 5) is 8.42. The van der Waals surface area contributed by atoms with Crippen molar-refractivity contribution in [3.63, 3.8) is 0 Å². The van der Waals surface area contributed by atoms with E-state index in [-0.39, 0.29) is 5.84 Å². The Kier molecular flexibility index (Phi) is 2.73. The van der Waals surface area contributed by atoms with Gasteiger partial charge < -0.3 is 4.74 Å². The molecule has 1 atom stereocenters. The molecule has 1 aromatic heterocycles. The van der Waals surface area contributed by atoms with E-state index in [4.69, 9.17) is 4.74 Å². The maximum Gasteiger partial charge on any atom is 0.437 e. The van der Waals surface area contributed by atoms with Gasteiger partial charge in [0.2, 0.25) is 0 Å². The summed E-state index contributed by atoms with van der Waals surface area (Å²) in [7, 11) is 1.56. The summed E-state index contributed by atoms with van der Waals surface area (Å²) < 4.78 is 7.45. The van der Waals surface area contributed by atoms with Crippen molar-refractivity contribution in [1.29, 1.82) is 0 Å². The van der Waals surface area contributed by atoms with Gasteiger partial charge in [-0.1, -0.05) is 35.3 Å². The lowest BCUT2D eigenvalue weighted by Gasteiger charge is -2.26. The summed E-state index contributed by atoms with van der Waals surface area (Å²) in [6.07, 6.45) is 3.45. The molecule has 96 valence electrons. The van der Waals surface area contributed by atoms with Crippen LogP contribution in [0.5, 0.6) is 0 Å². The van der Waals surface area contributed by atoms with E-state index in [0.29, 0.717) is 5.95 Å². The fourth-order valence-electron chi connectivity index (χ4n) is 2.34. The van der Waals surface area contributed by atoms with Crippen LogP contribution in [0.15, 0.2) is 53.8 Å². The van der Waals surface area contributed by atoms with Gasteiger partial charge in [0.1, 0.15) is 6.20 Å². The van der Waals surface area contributed by atoms with Crippen LogP contribution in [0.4, 0.5) is 5.95 Å². The van der Waals surface area contributed by atoms with Crippen molar-refractivity contribution in [2.24, 2.45) is 4.99 Å². The molecule has 2 aromatic rings. The molecular weight excluding hydrogens is 244 g/mol. The number of hydrogen-bond acceptors (Lipinski definition) is 5. The molecule has 6 nitrogen and oxygen atoms in total. The molecular formula is C13H13N4O2+. The first kappa shape index (κ1) is 11.8. The highest BCUT2D eigenvalue weighted by molar-refractivity contribution is 5.91. The van der Waals surface area contributed by atoms with Gasteiger partial charge >= 0.3 is 5.95 Å². The molecule has 1 aliphatic rings. The molecule has 2 heterocycles. The van der Waals surface area contributed by atoms with Crippen LogP contribution < -0.4 is 10.0 Å². The summed E-state index contributed by atoms with van der Waals surface area (Å²) in [5.74, 6) is 0.740. The average Bonchev–Trinajstić information content (AvgIpc) is 2.82. The number of fused-ring (bicyclic) bond motifs is 1. The molecule has 6 heteroatoms. The van der Waals surface area contributed by atoms with E-state index in [0.717, 1.165) is 5.56 Å². The van der Waals surface area contributed by atoms with Crippen LogP contribution in [-0.2, 0) is 10.5 Å². The lowest BCUT2D eigenvalue weighted by Crippen LogP contribution is -2.62. The molecule has 0 amide bonds. The Labute approximate surface area is 110 Å². The summed E-state index contributed by atoms with van der Waals surface area (Å²) >= 11 is 0. The number of aliphatic imine (C=N–C) groups is 1. The summed E-state index contributed by atoms with van der Waals surface area (Å²) in [6.45, 7) is 0. The predicted octanol–water partition coefficient (Wildman–Crippen LogP) is 0.739. The van der Waals surface area contributed by atoms with Crippen molar-refractivity contribution >= 4 is 11.8 Å². The van der Waals surface area contributed by atoms with Crippen molar-refractivity contribution < 1.29 is 14.5 Å². The average molecular weight is 257 g/mol. The first-order valence-corrected chi connectivity index (χ1v) is 5.80. The third-order valence-corrected chi connectivity index (χ3v) is 3.17. The standard InChI is InChI=1S/C13H12N4O2/c1-19-13(10-6-3-2-4-7-10)11(16-18)15-12-14-8-5-9-17(12)13/h2-9,18H,1H3/p+1/t13-/m0/s1. The van der Waals surface area contributed by atoms with Crippen LogP contribution in [0.2, 0.25) is 0 Å². The predicted molar refractivity (Wildman–Crippen MR) is 67.0 cm³/mol. The van der Waals surface area contributed by atoms with E-state index in [1.54, 1.807) is 23.9 Å². The van der Waals surface area contributed by atoms with Gasteiger partial charge in [0.05, 0.1) is 6.20 Å². The molecule has 0 saturated heterocycles. The van der Waals surface area contributed by atoms with Gasteiger partial charge in [0.25, 0.3) is 11.6 Å². The number of hydroxylamine groups is 1. The van der Waals surface area contributed by atoms with Crippen molar-refractivity contribution in [3.05, 3.63) is 54.4 Å². The minimum absolute atomic E-state index is 0.278. The van der Waals surface area contributed by atoms with E-state index in [1.165, 1.54) is 0 Å². The Hall–Kier alpha value is -2.31. The van der Waals surface area contributed by atoms with Gasteiger partial charge in [-0.2, -0.15) is 4.57 Å². The number of amidine groups is 1. The second-order valence-electron chi connectivity index (χ2n) is 4.08. The third kappa shape index (κ3) is 1.54. The highest BCUT2D eigenvalue weighted by Gasteiger charge is 2.53. The molecule has 1 aromatic carbocycles. The number of nitrogens with one attached hydrogen (secondary N) is 1. The summed E-state index contributed by atoms with van der Waals surface area (Å²) in [5, 5.41) is 9.36. The van der Waals surface area contributed by atoms with Gasteiger partial charge in [0.15, 0.2) is 0 Å². The number of ether oxygens (including phenoxy) is 1. The Balaban J connectivity index is 2.28. The Bertz CT molecular complexity index is 630. The van der Waals surface area contributed by atoms with E-state index in [9.17, 15) is 5.21 Å². The fraction of sp³-hybridized carbons (Fsp3) is 0.154. The Morgan fingerprint density at radius 1 is 1.26 bits per heavy atom. The summed E-state index contributed by atoms with van der Waals surface area (Å²) in [5.41, 5.74) is 1.93. The lowest BCUT2D eigenvalue weighted by atomic mass is 10.0. The van der Waals surface area contributed by atoms with Crippen molar-refractivity contribution in [2.45, 2.75) is 5.72 Å². The van der Waals surface area contributed by atoms with Crippen LogP contribution in [0.25, 0.3) is 0 Å². The maximum atomic E-state index is 9.36. The molecule has 1 aliphatic heterocycles.